The van der Waals surface area contributed by atoms with Gasteiger partial charge in [0.15, 0.2) is 0 Å². The molecule has 6 nitrogen and oxygen atoms in total. The number of hydrogen-bond acceptors (Lipinski definition) is 6. The highest BCUT2D eigenvalue weighted by molar-refractivity contribution is 8.08. The maximum absolute atomic E-state index is 10.6. The fourth-order valence-corrected chi connectivity index (χ4v) is 5.97. The predicted molar refractivity (Wildman–Crippen MR) is 37.7 cm³/mol. The molecule has 0 radical (unpaired) electrons. The van der Waals surface area contributed by atoms with E-state index in [2.05, 4.69) is 7.94 Å². The molecule has 1 rings (SSSR count). The summed E-state index contributed by atoms with van der Waals surface area (Å²) >= 11 is 0. The predicted octanol–water partition coefficient (Wildman–Crippen LogP) is -0.408. The molecular formula is C2H5O6PS2. The Balaban J connectivity index is 3.02. The summed E-state index contributed by atoms with van der Waals surface area (Å²) < 4.78 is 50.9. The lowest BCUT2D eigenvalue weighted by Gasteiger charge is -2.17. The Bertz CT molecular complexity index is 305. The third-order valence-corrected chi connectivity index (χ3v) is 6.53. The lowest BCUT2D eigenvalue weighted by molar-refractivity contribution is 0.440. The zero-order chi connectivity index (χ0) is 8.70. The van der Waals surface area contributed by atoms with Crippen molar-refractivity contribution in [2.75, 3.05) is 11.7 Å². The largest absolute Gasteiger partial charge is 0.289 e. The monoisotopic (exact) mass is 220 g/mol. The average Bonchev–Trinajstić information content (AvgIpc) is 1.49. The van der Waals surface area contributed by atoms with Gasteiger partial charge in [-0.05, 0) is 0 Å². The molecule has 0 aromatic carbocycles. The van der Waals surface area contributed by atoms with Crippen LogP contribution in [0.3, 0.4) is 0 Å². The topological polar surface area (TPSA) is 86.7 Å². The highest BCUT2D eigenvalue weighted by Gasteiger charge is 2.35. The lowest BCUT2D eigenvalue weighted by Crippen LogP contribution is -2.23. The van der Waals surface area contributed by atoms with E-state index in [1.54, 1.807) is 0 Å². The van der Waals surface area contributed by atoms with Crippen LogP contribution in [0.15, 0.2) is 0 Å². The maximum atomic E-state index is 10.6. The van der Waals surface area contributed by atoms with Gasteiger partial charge in [-0.2, -0.15) is 16.8 Å². The summed E-state index contributed by atoms with van der Waals surface area (Å²) in [6, 6.07) is 0. The van der Waals surface area contributed by atoms with E-state index in [-0.39, 0.29) is 0 Å². The Hall–Kier alpha value is 0.250. The molecule has 1 aliphatic rings. The molecule has 0 atom stereocenters. The van der Waals surface area contributed by atoms with Gasteiger partial charge < -0.3 is 0 Å². The van der Waals surface area contributed by atoms with E-state index in [0.717, 1.165) is 0 Å². The standard InChI is InChI=1S/C2H5O6PS2/c1-9-7-10(3,4)2-11(5,6)8-9/h2H2,1H3. The van der Waals surface area contributed by atoms with Crippen LogP contribution >= 0.6 is 8.38 Å². The molecule has 0 aliphatic carbocycles. The van der Waals surface area contributed by atoms with Crippen molar-refractivity contribution >= 4 is 28.6 Å². The van der Waals surface area contributed by atoms with Crippen LogP contribution in [0, 0.1) is 0 Å². The van der Waals surface area contributed by atoms with Gasteiger partial charge in [0.1, 0.15) is 0 Å². The summed E-state index contributed by atoms with van der Waals surface area (Å²) in [7, 11) is -9.69. The highest BCUT2D eigenvalue weighted by atomic mass is 32.3. The summed E-state index contributed by atoms with van der Waals surface area (Å²) in [5.74, 6) is 0. The minimum Gasteiger partial charge on any atom is -0.216 e. The Morgan fingerprint density at radius 2 is 1.45 bits per heavy atom. The van der Waals surface area contributed by atoms with Crippen molar-refractivity contribution in [1.82, 2.24) is 0 Å². The molecule has 0 amide bonds. The molecule has 0 unspecified atom stereocenters. The first kappa shape index (κ1) is 9.34. The molecule has 0 aromatic rings. The first-order chi connectivity index (χ1) is 4.81. The van der Waals surface area contributed by atoms with Gasteiger partial charge in [-0.15, -0.1) is 0 Å². The van der Waals surface area contributed by atoms with Crippen molar-refractivity contribution in [2.24, 2.45) is 0 Å². The maximum Gasteiger partial charge on any atom is 0.289 e. The minimum absolute atomic E-state index is 1.09. The van der Waals surface area contributed by atoms with Gasteiger partial charge in [-0.1, -0.05) is 0 Å². The van der Waals surface area contributed by atoms with Crippen LogP contribution in [-0.4, -0.2) is 28.6 Å². The van der Waals surface area contributed by atoms with Gasteiger partial charge in [-0.25, -0.2) is 7.94 Å². The Kier molecular flexibility index (Phi) is 2.24. The number of hydrogen-bond donors (Lipinski definition) is 0. The normalized spacial score (nSPS) is 29.9. The third-order valence-electron chi connectivity index (χ3n) is 0.726. The smallest absolute Gasteiger partial charge is 0.216 e. The van der Waals surface area contributed by atoms with Crippen molar-refractivity contribution in [2.45, 2.75) is 0 Å². The molecule has 11 heavy (non-hydrogen) atoms. The van der Waals surface area contributed by atoms with Gasteiger partial charge in [0.2, 0.25) is 13.5 Å². The van der Waals surface area contributed by atoms with Crippen molar-refractivity contribution in [3.05, 3.63) is 0 Å². The van der Waals surface area contributed by atoms with Crippen molar-refractivity contribution in [3.63, 3.8) is 0 Å². The fourth-order valence-electron chi connectivity index (χ4n) is 0.552. The van der Waals surface area contributed by atoms with E-state index >= 15 is 0 Å². The summed E-state index contributed by atoms with van der Waals surface area (Å²) in [6.07, 6.45) is 0. The first-order valence-electron chi connectivity index (χ1n) is 2.39. The van der Waals surface area contributed by atoms with Crippen molar-refractivity contribution in [3.8, 4) is 0 Å². The third kappa shape index (κ3) is 2.64. The number of rotatable bonds is 0. The molecule has 1 aliphatic heterocycles. The Morgan fingerprint density at radius 1 is 1.09 bits per heavy atom. The van der Waals surface area contributed by atoms with Crippen LogP contribution < -0.4 is 0 Å². The molecule has 0 aromatic heterocycles. The van der Waals surface area contributed by atoms with Crippen LogP contribution in [-0.2, 0) is 28.2 Å². The zero-order valence-corrected chi connectivity index (χ0v) is 7.95. The molecule has 66 valence electrons. The second-order valence-corrected chi connectivity index (χ2v) is 7.07. The van der Waals surface area contributed by atoms with E-state index in [9.17, 15) is 16.8 Å². The van der Waals surface area contributed by atoms with Crippen molar-refractivity contribution < 1.29 is 24.8 Å². The molecule has 1 saturated heterocycles. The quantitative estimate of drug-likeness (QED) is 0.516. The molecule has 0 spiro atoms. The highest BCUT2D eigenvalue weighted by Crippen LogP contribution is 2.42. The molecule has 0 saturated carbocycles. The molecule has 1 heterocycles. The summed E-state index contributed by atoms with van der Waals surface area (Å²) in [5.41, 5.74) is 0. The van der Waals surface area contributed by atoms with Gasteiger partial charge in [0.25, 0.3) is 20.2 Å². The van der Waals surface area contributed by atoms with Crippen LogP contribution in [0.1, 0.15) is 0 Å². The van der Waals surface area contributed by atoms with E-state index in [1.165, 1.54) is 6.66 Å². The van der Waals surface area contributed by atoms with Crippen LogP contribution in [0.5, 0.6) is 0 Å². The molecule has 1 fully saturated rings. The minimum atomic E-state index is -3.92. The second-order valence-electron chi connectivity index (χ2n) is 1.82. The first-order valence-corrected chi connectivity index (χ1v) is 7.17. The molecule has 0 N–H and O–H groups in total. The van der Waals surface area contributed by atoms with Crippen molar-refractivity contribution in [1.29, 1.82) is 0 Å². The Labute approximate surface area is 65.7 Å². The lowest BCUT2D eigenvalue weighted by atomic mass is 11.9. The summed E-state index contributed by atoms with van der Waals surface area (Å²) in [6.45, 7) is 1.25. The van der Waals surface area contributed by atoms with E-state index in [0.29, 0.717) is 0 Å². The van der Waals surface area contributed by atoms with Crippen LogP contribution in [0.2, 0.25) is 0 Å². The van der Waals surface area contributed by atoms with Gasteiger partial charge in [0, 0.05) is 6.66 Å². The van der Waals surface area contributed by atoms with Gasteiger partial charge in [-0.3, -0.25) is 0 Å². The fraction of sp³-hybridized carbons (Fsp3) is 1.00. The molecule has 0 bridgehead atoms. The van der Waals surface area contributed by atoms with Gasteiger partial charge in [0.05, 0.1) is 0 Å². The van der Waals surface area contributed by atoms with Crippen LogP contribution in [0.25, 0.3) is 0 Å². The zero-order valence-electron chi connectivity index (χ0n) is 5.42. The van der Waals surface area contributed by atoms with Gasteiger partial charge >= 0.3 is 0 Å². The Morgan fingerprint density at radius 3 is 1.73 bits per heavy atom. The molecule has 9 heteroatoms. The second kappa shape index (κ2) is 2.63. The van der Waals surface area contributed by atoms with E-state index in [4.69, 9.17) is 0 Å². The summed E-state index contributed by atoms with van der Waals surface area (Å²) in [5, 5.41) is -1.09. The SMILES string of the molecule is CP1OS(=O)(=O)CS(=O)(=O)O1. The average molecular weight is 220 g/mol. The molecular weight excluding hydrogens is 215 g/mol. The summed E-state index contributed by atoms with van der Waals surface area (Å²) in [4.78, 5) is 0. The van der Waals surface area contributed by atoms with E-state index in [1.807, 2.05) is 0 Å². The van der Waals surface area contributed by atoms with E-state index < -0.39 is 33.7 Å². The van der Waals surface area contributed by atoms with Crippen LogP contribution in [0.4, 0.5) is 0 Å².